The minimum Gasteiger partial charge on any atom is -0.399 e. The molecular weight excluding hydrogens is 615 g/mol. The lowest BCUT2D eigenvalue weighted by Gasteiger charge is -2.15. The fourth-order valence-corrected chi connectivity index (χ4v) is 3.75. The quantitative estimate of drug-likeness (QED) is 0.180. The lowest BCUT2D eigenvalue weighted by atomic mass is 9.92. The Kier molecular flexibility index (Phi) is 55.8. The van der Waals surface area contributed by atoms with E-state index in [-0.39, 0.29) is 0 Å². The Morgan fingerprint density at radius 1 is 0.765 bits per heavy atom. The van der Waals surface area contributed by atoms with E-state index in [9.17, 15) is 0 Å². The number of benzene rings is 1. The van der Waals surface area contributed by atoms with Gasteiger partial charge in [-0.2, -0.15) is 0 Å². The Morgan fingerprint density at radius 3 is 1.55 bits per heavy atom. The minimum atomic E-state index is 0.830. The van der Waals surface area contributed by atoms with Gasteiger partial charge in [0.2, 0.25) is 0 Å². The predicted octanol–water partition coefficient (Wildman–Crippen LogP) is 17.8. The molecule has 2 rings (SSSR count). The maximum absolute atomic E-state index is 5.84. The van der Waals surface area contributed by atoms with Crippen LogP contribution in [0.4, 0.5) is 0 Å². The molecule has 0 aromatic heterocycles. The van der Waals surface area contributed by atoms with Gasteiger partial charge < -0.3 is 5.73 Å². The fourth-order valence-electron chi connectivity index (χ4n) is 3.75. The molecule has 0 bridgehead atoms. The van der Waals surface area contributed by atoms with Crippen LogP contribution in [0.25, 0.3) is 5.57 Å². The van der Waals surface area contributed by atoms with Gasteiger partial charge in [-0.15, -0.1) is 6.58 Å². The number of unbranched alkanes of at least 4 members (excludes halogenated alkanes) is 1. The van der Waals surface area contributed by atoms with E-state index in [1.807, 2.05) is 84.0 Å². The zero-order chi connectivity index (χ0) is 41.2. The van der Waals surface area contributed by atoms with Gasteiger partial charge in [-0.25, -0.2) is 0 Å². The van der Waals surface area contributed by atoms with Crippen LogP contribution in [0.5, 0.6) is 0 Å². The molecule has 0 fully saturated rings. The predicted molar refractivity (Wildman–Crippen MR) is 246 cm³/mol. The zero-order valence-electron chi connectivity index (χ0n) is 38.0. The van der Waals surface area contributed by atoms with Crippen molar-refractivity contribution < 1.29 is 0 Å². The molecule has 1 nitrogen and oxygen atoms in total. The van der Waals surface area contributed by atoms with E-state index >= 15 is 0 Å². The molecule has 0 spiro atoms. The third-order valence-corrected chi connectivity index (χ3v) is 6.77. The van der Waals surface area contributed by atoms with Crippen LogP contribution in [0, 0.1) is 11.8 Å². The molecule has 1 aromatic rings. The normalized spacial score (nSPS) is 11.9. The van der Waals surface area contributed by atoms with E-state index in [2.05, 4.69) is 109 Å². The summed E-state index contributed by atoms with van der Waals surface area (Å²) in [7, 11) is 0. The maximum atomic E-state index is 5.84. The Bertz CT molecular complexity index is 1010. The van der Waals surface area contributed by atoms with Gasteiger partial charge in [0.15, 0.2) is 0 Å². The number of hydrogen-bond acceptors (Lipinski definition) is 1. The van der Waals surface area contributed by atoms with Crippen LogP contribution < -0.4 is 5.73 Å². The van der Waals surface area contributed by atoms with Crippen LogP contribution in [0.2, 0.25) is 0 Å². The summed E-state index contributed by atoms with van der Waals surface area (Å²) in [4.78, 5) is 0. The highest BCUT2D eigenvalue weighted by atomic mass is 14.6. The van der Waals surface area contributed by atoms with Gasteiger partial charge in [0, 0.05) is 5.70 Å². The lowest BCUT2D eigenvalue weighted by molar-refractivity contribution is 0.509. The van der Waals surface area contributed by atoms with Crippen LogP contribution in [0.3, 0.4) is 0 Å². The molecule has 0 amide bonds. The van der Waals surface area contributed by atoms with Crippen molar-refractivity contribution in [2.24, 2.45) is 17.6 Å². The molecule has 0 heterocycles. The minimum absolute atomic E-state index is 0.830. The molecule has 0 saturated heterocycles. The van der Waals surface area contributed by atoms with E-state index in [4.69, 9.17) is 5.73 Å². The Balaban J connectivity index is -0.000000124. The Labute approximate surface area is 324 Å². The highest BCUT2D eigenvalue weighted by Crippen LogP contribution is 2.26. The molecule has 0 radical (unpaired) electrons. The van der Waals surface area contributed by atoms with Crippen molar-refractivity contribution in [1.29, 1.82) is 0 Å². The van der Waals surface area contributed by atoms with Crippen molar-refractivity contribution in [1.82, 2.24) is 0 Å². The van der Waals surface area contributed by atoms with Crippen molar-refractivity contribution in [2.45, 2.75) is 188 Å². The summed E-state index contributed by atoms with van der Waals surface area (Å²) in [5.41, 5.74) is 15.1. The zero-order valence-corrected chi connectivity index (χ0v) is 38.0. The first-order valence-corrected chi connectivity index (χ1v) is 20.6. The van der Waals surface area contributed by atoms with Crippen LogP contribution in [0.15, 0.2) is 108 Å². The molecule has 0 saturated carbocycles. The second-order valence-corrected chi connectivity index (χ2v) is 13.8. The van der Waals surface area contributed by atoms with E-state index < -0.39 is 0 Å². The van der Waals surface area contributed by atoms with Gasteiger partial charge >= 0.3 is 0 Å². The van der Waals surface area contributed by atoms with E-state index in [0.717, 1.165) is 39.8 Å². The highest BCUT2D eigenvalue weighted by Gasteiger charge is 2.07. The second-order valence-electron chi connectivity index (χ2n) is 13.8. The third kappa shape index (κ3) is 54.1. The van der Waals surface area contributed by atoms with Crippen molar-refractivity contribution >= 4 is 5.57 Å². The van der Waals surface area contributed by atoms with Crippen LogP contribution in [-0.4, -0.2) is 0 Å². The molecule has 1 aliphatic rings. The SMILES string of the molecule is C=C(C)/C(N)=C\C1=C(C)CCCC1.C=C(C)/C=C\C(=C)c1ccccc1.C=C(C)CCCC.CC.CC.CC(C)C.CCC.CCCC(C)CC. The second kappa shape index (κ2) is 47.2. The molecule has 1 atom stereocenters. The average molecular weight is 708 g/mol. The van der Waals surface area contributed by atoms with Gasteiger partial charge in [-0.3, -0.25) is 0 Å². The largest absolute Gasteiger partial charge is 0.399 e. The molecule has 51 heavy (non-hydrogen) atoms. The van der Waals surface area contributed by atoms with Gasteiger partial charge in [-0.1, -0.05) is 201 Å². The van der Waals surface area contributed by atoms with Gasteiger partial charge in [0.1, 0.15) is 0 Å². The topological polar surface area (TPSA) is 26.0 Å². The van der Waals surface area contributed by atoms with Crippen LogP contribution in [0.1, 0.15) is 194 Å². The summed E-state index contributed by atoms with van der Waals surface area (Å²) >= 11 is 0. The summed E-state index contributed by atoms with van der Waals surface area (Å²) in [6.45, 7) is 51.3. The van der Waals surface area contributed by atoms with E-state index in [1.165, 1.54) is 87.3 Å². The van der Waals surface area contributed by atoms with Crippen molar-refractivity contribution in [3.63, 3.8) is 0 Å². The van der Waals surface area contributed by atoms with Crippen molar-refractivity contribution in [2.75, 3.05) is 0 Å². The van der Waals surface area contributed by atoms with Gasteiger partial charge in [0.25, 0.3) is 0 Å². The van der Waals surface area contributed by atoms with Crippen molar-refractivity contribution in [3.05, 3.63) is 114 Å². The van der Waals surface area contributed by atoms with Crippen molar-refractivity contribution in [3.8, 4) is 0 Å². The average Bonchev–Trinajstić information content (AvgIpc) is 3.10. The summed E-state index contributed by atoms with van der Waals surface area (Å²) < 4.78 is 0. The van der Waals surface area contributed by atoms with E-state index in [0.29, 0.717) is 0 Å². The Morgan fingerprint density at radius 2 is 1.24 bits per heavy atom. The molecule has 0 aliphatic heterocycles. The first-order chi connectivity index (χ1) is 24.0. The number of hydrogen-bond donors (Lipinski definition) is 1. The molecule has 2 N–H and O–H groups in total. The maximum Gasteiger partial charge on any atom is 0.0340 e. The number of nitrogens with two attached hydrogens (primary N) is 1. The van der Waals surface area contributed by atoms with E-state index in [1.54, 1.807) is 0 Å². The summed E-state index contributed by atoms with van der Waals surface area (Å²) in [6.07, 6.45) is 20.2. The van der Waals surface area contributed by atoms with Gasteiger partial charge in [0.05, 0.1) is 0 Å². The molecule has 1 heteroatoms. The first kappa shape index (κ1) is 60.3. The summed E-state index contributed by atoms with van der Waals surface area (Å²) in [5.74, 6) is 1.78. The smallest absolute Gasteiger partial charge is 0.0340 e. The molecule has 1 aliphatic carbocycles. The standard InChI is InChI=1S/C13H14.C12H19N.C7H14.C7H16.C4H10.C3H8.2C2H6/c1-11(2)9-10-12(3)13-7-5-4-6-8-13;1-9(2)12(13)8-11-7-5-4-6-10(11)3;1-4-5-6-7(2)3;1-4-6-7(3)5-2;1-4(2)3;1-3-2;2*1-2/h4-10H,1,3H2,2H3;8H,1,4-7,13H2,2-3H3;2,4-6H2,1,3H3;7H,4-6H2,1-3H3;4H,1-3H3;3H2,1-2H3;2*1-2H3/b10-9-;12-8+;;;;;;. The highest BCUT2D eigenvalue weighted by molar-refractivity contribution is 5.72. The molecule has 298 valence electrons. The molecular formula is C50H93N. The number of rotatable bonds is 11. The summed E-state index contributed by atoms with van der Waals surface area (Å²) in [6, 6.07) is 10.1. The fraction of sp³-hybridized carbons (Fsp3) is 0.600. The number of allylic oxidation sites excluding steroid dienone is 9. The van der Waals surface area contributed by atoms with Crippen LogP contribution >= 0.6 is 0 Å². The molecule has 1 aromatic carbocycles. The first-order valence-electron chi connectivity index (χ1n) is 20.6. The third-order valence-electron chi connectivity index (χ3n) is 6.77. The monoisotopic (exact) mass is 708 g/mol. The molecule has 1 unspecified atom stereocenters. The summed E-state index contributed by atoms with van der Waals surface area (Å²) in [5, 5.41) is 0. The van der Waals surface area contributed by atoms with Crippen LogP contribution in [-0.2, 0) is 0 Å². The lowest BCUT2D eigenvalue weighted by Crippen LogP contribution is -2.01. The van der Waals surface area contributed by atoms with Gasteiger partial charge in [-0.05, 0) is 106 Å². The Hall–Kier alpha value is -2.80.